The third-order valence-corrected chi connectivity index (χ3v) is 4.20. The van der Waals surface area contributed by atoms with Crippen LogP contribution in [0.1, 0.15) is 11.4 Å². The van der Waals surface area contributed by atoms with Crippen LogP contribution in [0.5, 0.6) is 0 Å². The first-order chi connectivity index (χ1) is 7.99. The maximum absolute atomic E-state index is 11.6. The number of aromatic nitrogens is 2. The number of amides is 1. The van der Waals surface area contributed by atoms with E-state index in [0.717, 1.165) is 35.5 Å². The summed E-state index contributed by atoms with van der Waals surface area (Å²) in [6.07, 6.45) is 0. The predicted molar refractivity (Wildman–Crippen MR) is 68.6 cm³/mol. The van der Waals surface area contributed by atoms with E-state index in [1.54, 1.807) is 4.90 Å². The molecular formula is C11H17BrN4O. The van der Waals surface area contributed by atoms with Crippen LogP contribution >= 0.6 is 15.9 Å². The highest BCUT2D eigenvalue weighted by atomic mass is 79.9. The molecule has 1 saturated heterocycles. The van der Waals surface area contributed by atoms with Crippen molar-refractivity contribution in [3.8, 4) is 0 Å². The van der Waals surface area contributed by atoms with E-state index in [1.807, 2.05) is 25.7 Å². The minimum absolute atomic E-state index is 0.186. The Hall–Kier alpha value is -0.880. The molecule has 1 aromatic heterocycles. The van der Waals surface area contributed by atoms with Crippen molar-refractivity contribution in [3.05, 3.63) is 15.9 Å². The van der Waals surface area contributed by atoms with Crippen molar-refractivity contribution in [1.29, 1.82) is 0 Å². The number of likely N-dealkylation sites (N-methyl/N-ethyl adjacent to an activating group) is 1. The van der Waals surface area contributed by atoms with Gasteiger partial charge in [0, 0.05) is 33.7 Å². The SMILES string of the molecule is Cc1nn(C)c(CN2CCN(C)C(=O)C2)c1Br. The van der Waals surface area contributed by atoms with Gasteiger partial charge < -0.3 is 4.90 Å². The summed E-state index contributed by atoms with van der Waals surface area (Å²) in [7, 11) is 3.79. The zero-order valence-corrected chi connectivity index (χ0v) is 12.0. The Bertz CT molecular complexity index is 443. The van der Waals surface area contributed by atoms with Crippen LogP contribution in [-0.4, -0.2) is 52.2 Å². The van der Waals surface area contributed by atoms with Gasteiger partial charge in [0.1, 0.15) is 0 Å². The molecule has 2 heterocycles. The molecule has 5 nitrogen and oxygen atoms in total. The number of hydrogen-bond donors (Lipinski definition) is 0. The van der Waals surface area contributed by atoms with Crippen LogP contribution in [-0.2, 0) is 18.4 Å². The van der Waals surface area contributed by atoms with E-state index in [9.17, 15) is 4.79 Å². The zero-order valence-electron chi connectivity index (χ0n) is 10.4. The smallest absolute Gasteiger partial charge is 0.236 e. The van der Waals surface area contributed by atoms with Crippen LogP contribution in [0.25, 0.3) is 0 Å². The third-order valence-electron chi connectivity index (χ3n) is 3.17. The number of nitrogens with zero attached hydrogens (tertiary/aromatic N) is 4. The lowest BCUT2D eigenvalue weighted by molar-refractivity contribution is -0.134. The van der Waals surface area contributed by atoms with Gasteiger partial charge in [0.25, 0.3) is 0 Å². The van der Waals surface area contributed by atoms with Crippen LogP contribution in [0.15, 0.2) is 4.47 Å². The van der Waals surface area contributed by atoms with Crippen molar-refractivity contribution in [2.75, 3.05) is 26.7 Å². The molecule has 94 valence electrons. The van der Waals surface area contributed by atoms with E-state index in [0.29, 0.717) is 6.54 Å². The first-order valence-electron chi connectivity index (χ1n) is 5.63. The van der Waals surface area contributed by atoms with Crippen LogP contribution in [0.4, 0.5) is 0 Å². The number of piperazine rings is 1. The topological polar surface area (TPSA) is 41.4 Å². The normalized spacial score (nSPS) is 17.9. The van der Waals surface area contributed by atoms with E-state index >= 15 is 0 Å². The lowest BCUT2D eigenvalue weighted by atomic mass is 10.3. The van der Waals surface area contributed by atoms with E-state index in [-0.39, 0.29) is 5.91 Å². The van der Waals surface area contributed by atoms with E-state index in [4.69, 9.17) is 0 Å². The molecule has 1 aliphatic rings. The molecule has 0 spiro atoms. The first-order valence-corrected chi connectivity index (χ1v) is 6.42. The molecule has 0 atom stereocenters. The molecule has 0 N–H and O–H groups in total. The number of hydrogen-bond acceptors (Lipinski definition) is 3. The summed E-state index contributed by atoms with van der Waals surface area (Å²) in [5.74, 6) is 0.186. The molecule has 0 aromatic carbocycles. The third kappa shape index (κ3) is 2.52. The van der Waals surface area contributed by atoms with Gasteiger partial charge in [-0.1, -0.05) is 0 Å². The number of aryl methyl sites for hydroxylation is 2. The highest BCUT2D eigenvalue weighted by molar-refractivity contribution is 9.10. The average Bonchev–Trinajstić information content (AvgIpc) is 2.50. The van der Waals surface area contributed by atoms with Crippen LogP contribution in [0.2, 0.25) is 0 Å². The molecule has 1 fully saturated rings. The maximum Gasteiger partial charge on any atom is 0.236 e. The Labute approximate surface area is 110 Å². The van der Waals surface area contributed by atoms with Crippen molar-refractivity contribution in [2.24, 2.45) is 7.05 Å². The summed E-state index contributed by atoms with van der Waals surface area (Å²) in [4.78, 5) is 15.6. The molecule has 17 heavy (non-hydrogen) atoms. The molecular weight excluding hydrogens is 284 g/mol. The molecule has 0 saturated carbocycles. The van der Waals surface area contributed by atoms with Crippen molar-refractivity contribution in [2.45, 2.75) is 13.5 Å². The number of halogens is 1. The molecule has 1 aliphatic heterocycles. The quantitative estimate of drug-likeness (QED) is 0.810. The van der Waals surface area contributed by atoms with Crippen LogP contribution in [0.3, 0.4) is 0 Å². The number of carbonyl (C=O) groups is 1. The fourth-order valence-corrected chi connectivity index (χ4v) is 2.47. The van der Waals surface area contributed by atoms with Gasteiger partial charge in [-0.3, -0.25) is 14.4 Å². The average molecular weight is 301 g/mol. The summed E-state index contributed by atoms with van der Waals surface area (Å²) < 4.78 is 2.92. The van der Waals surface area contributed by atoms with Crippen molar-refractivity contribution in [1.82, 2.24) is 19.6 Å². The van der Waals surface area contributed by atoms with Gasteiger partial charge in [-0.15, -0.1) is 0 Å². The van der Waals surface area contributed by atoms with Gasteiger partial charge in [0.15, 0.2) is 0 Å². The molecule has 0 radical (unpaired) electrons. The first kappa shape index (κ1) is 12.6. The molecule has 1 amide bonds. The highest BCUT2D eigenvalue weighted by Gasteiger charge is 2.23. The largest absolute Gasteiger partial charge is 0.343 e. The fraction of sp³-hybridized carbons (Fsp3) is 0.636. The Morgan fingerprint density at radius 1 is 1.35 bits per heavy atom. The van der Waals surface area contributed by atoms with Gasteiger partial charge in [-0.05, 0) is 22.9 Å². The lowest BCUT2D eigenvalue weighted by Gasteiger charge is -2.31. The van der Waals surface area contributed by atoms with E-state index in [1.165, 1.54) is 0 Å². The second-order valence-corrected chi connectivity index (χ2v) is 5.29. The van der Waals surface area contributed by atoms with E-state index < -0.39 is 0 Å². The standard InChI is InChI=1S/C11H17BrN4O/c1-8-11(12)9(15(3)13-8)6-16-5-4-14(2)10(17)7-16/h4-7H2,1-3H3. The van der Waals surface area contributed by atoms with E-state index in [2.05, 4.69) is 25.9 Å². The fourth-order valence-electron chi connectivity index (χ4n) is 2.01. The summed E-state index contributed by atoms with van der Waals surface area (Å²) in [5, 5.41) is 4.36. The minimum atomic E-state index is 0.186. The molecule has 0 bridgehead atoms. The van der Waals surface area contributed by atoms with Gasteiger partial charge in [-0.2, -0.15) is 5.10 Å². The number of carbonyl (C=O) groups excluding carboxylic acids is 1. The van der Waals surface area contributed by atoms with Crippen molar-refractivity contribution in [3.63, 3.8) is 0 Å². The molecule has 2 rings (SSSR count). The highest BCUT2D eigenvalue weighted by Crippen LogP contribution is 2.22. The second-order valence-electron chi connectivity index (χ2n) is 4.50. The molecule has 0 unspecified atom stereocenters. The van der Waals surface area contributed by atoms with Gasteiger partial charge in [-0.25, -0.2) is 0 Å². The Morgan fingerprint density at radius 3 is 2.59 bits per heavy atom. The van der Waals surface area contributed by atoms with Gasteiger partial charge in [0.2, 0.25) is 5.91 Å². The Kier molecular flexibility index (Phi) is 3.53. The van der Waals surface area contributed by atoms with Crippen molar-refractivity contribution >= 4 is 21.8 Å². The molecule has 6 heteroatoms. The molecule has 0 aliphatic carbocycles. The summed E-state index contributed by atoms with van der Waals surface area (Å²) in [6, 6.07) is 0. The van der Waals surface area contributed by atoms with Gasteiger partial charge in [0.05, 0.1) is 22.4 Å². The minimum Gasteiger partial charge on any atom is -0.343 e. The molecule has 1 aromatic rings. The zero-order chi connectivity index (χ0) is 12.6. The Balaban J connectivity index is 2.09. The summed E-state index contributed by atoms with van der Waals surface area (Å²) in [5.41, 5.74) is 2.11. The Morgan fingerprint density at radius 2 is 2.06 bits per heavy atom. The summed E-state index contributed by atoms with van der Waals surface area (Å²) >= 11 is 3.55. The van der Waals surface area contributed by atoms with Gasteiger partial charge >= 0.3 is 0 Å². The van der Waals surface area contributed by atoms with Crippen LogP contribution in [0, 0.1) is 6.92 Å². The number of rotatable bonds is 2. The van der Waals surface area contributed by atoms with Crippen LogP contribution < -0.4 is 0 Å². The summed E-state index contributed by atoms with van der Waals surface area (Å²) in [6.45, 7) is 4.94. The lowest BCUT2D eigenvalue weighted by Crippen LogP contribution is -2.48. The second kappa shape index (κ2) is 4.78. The van der Waals surface area contributed by atoms with Crippen molar-refractivity contribution < 1.29 is 4.79 Å². The predicted octanol–water partition coefficient (Wildman–Crippen LogP) is 0.765. The monoisotopic (exact) mass is 300 g/mol. The maximum atomic E-state index is 11.6.